The van der Waals surface area contributed by atoms with E-state index in [-0.39, 0.29) is 5.91 Å². The van der Waals surface area contributed by atoms with Crippen molar-refractivity contribution in [3.63, 3.8) is 0 Å². The first-order valence-corrected chi connectivity index (χ1v) is 6.52. The quantitative estimate of drug-likeness (QED) is 0.845. The van der Waals surface area contributed by atoms with Crippen LogP contribution < -0.4 is 5.32 Å². The number of hydrogen-bond acceptors (Lipinski definition) is 3. The van der Waals surface area contributed by atoms with Crippen molar-refractivity contribution in [2.45, 2.75) is 13.8 Å². The molecule has 5 heteroatoms. The van der Waals surface area contributed by atoms with Gasteiger partial charge < -0.3 is 0 Å². The molecule has 0 saturated heterocycles. The van der Waals surface area contributed by atoms with Crippen molar-refractivity contribution in [3.05, 3.63) is 50.9 Å². The topological polar surface area (TPSA) is 54.9 Å². The number of nitrogens with zero attached hydrogens (tertiary/aromatic N) is 2. The minimum Gasteiger partial charge on any atom is -0.290 e. The Labute approximate surface area is 119 Å². The number of amides is 1. The van der Waals surface area contributed by atoms with Crippen LogP contribution in [0.5, 0.6) is 0 Å². The maximum Gasteiger partial charge on any atom is 0.258 e. The molecule has 1 amide bonds. The Morgan fingerprint density at radius 3 is 2.22 bits per heavy atom. The molecule has 2 aromatic rings. The van der Waals surface area contributed by atoms with E-state index in [2.05, 4.69) is 37.9 Å². The summed E-state index contributed by atoms with van der Waals surface area (Å²) in [6.45, 7) is 3.74. The van der Waals surface area contributed by atoms with Crippen molar-refractivity contribution in [1.82, 2.24) is 9.97 Å². The first-order valence-electron chi connectivity index (χ1n) is 5.44. The third-order valence-electron chi connectivity index (χ3n) is 2.31. The summed E-state index contributed by atoms with van der Waals surface area (Å²) in [5, 5.41) is 2.70. The summed E-state index contributed by atoms with van der Waals surface area (Å²) < 4.78 is 1.09. The predicted molar refractivity (Wildman–Crippen MR) is 78.6 cm³/mol. The summed E-state index contributed by atoms with van der Waals surface area (Å²) in [6, 6.07) is 9.19. The zero-order chi connectivity index (χ0) is 13.1. The summed E-state index contributed by atoms with van der Waals surface area (Å²) >= 11 is 2.20. The Kier molecular flexibility index (Phi) is 3.90. The second-order valence-corrected chi connectivity index (χ2v) is 5.18. The number of aryl methyl sites for hydroxylation is 2. The Morgan fingerprint density at radius 1 is 1.11 bits per heavy atom. The van der Waals surface area contributed by atoms with Gasteiger partial charge in [0.2, 0.25) is 5.95 Å². The number of benzene rings is 1. The summed E-state index contributed by atoms with van der Waals surface area (Å²) in [5.74, 6) is 0.146. The lowest BCUT2D eigenvalue weighted by Crippen LogP contribution is -2.14. The Balaban J connectivity index is 2.18. The van der Waals surface area contributed by atoms with Crippen LogP contribution in [-0.4, -0.2) is 15.9 Å². The molecule has 0 aliphatic rings. The van der Waals surface area contributed by atoms with Gasteiger partial charge in [-0.15, -0.1) is 0 Å². The lowest BCUT2D eigenvalue weighted by atomic mass is 10.2. The van der Waals surface area contributed by atoms with Gasteiger partial charge in [-0.1, -0.05) is 0 Å². The minimum absolute atomic E-state index is 0.198. The van der Waals surface area contributed by atoms with Crippen LogP contribution in [-0.2, 0) is 0 Å². The highest BCUT2D eigenvalue weighted by atomic mass is 127. The van der Waals surface area contributed by atoms with Gasteiger partial charge in [0, 0.05) is 20.5 Å². The van der Waals surface area contributed by atoms with Gasteiger partial charge in [0.05, 0.1) is 0 Å². The van der Waals surface area contributed by atoms with Crippen LogP contribution >= 0.6 is 22.6 Å². The summed E-state index contributed by atoms with van der Waals surface area (Å²) in [6.07, 6.45) is 0. The number of hydrogen-bond donors (Lipinski definition) is 1. The van der Waals surface area contributed by atoms with Crippen LogP contribution in [0, 0.1) is 17.4 Å². The van der Waals surface area contributed by atoms with Crippen LogP contribution in [0.3, 0.4) is 0 Å². The molecule has 4 nitrogen and oxygen atoms in total. The zero-order valence-electron chi connectivity index (χ0n) is 10.1. The van der Waals surface area contributed by atoms with Crippen LogP contribution in [0.4, 0.5) is 5.95 Å². The molecule has 0 spiro atoms. The predicted octanol–water partition coefficient (Wildman–Crippen LogP) is 2.95. The Morgan fingerprint density at radius 2 is 1.67 bits per heavy atom. The number of nitrogens with one attached hydrogen (secondary N) is 1. The van der Waals surface area contributed by atoms with Crippen molar-refractivity contribution >= 4 is 34.4 Å². The van der Waals surface area contributed by atoms with E-state index in [0.29, 0.717) is 11.5 Å². The number of rotatable bonds is 2. The average molecular weight is 353 g/mol. The zero-order valence-corrected chi connectivity index (χ0v) is 12.2. The minimum atomic E-state index is -0.198. The van der Waals surface area contributed by atoms with E-state index < -0.39 is 0 Å². The third kappa shape index (κ3) is 3.25. The van der Waals surface area contributed by atoms with Gasteiger partial charge in [-0.3, -0.25) is 10.1 Å². The molecular formula is C13H12IN3O. The standard InChI is InChI=1S/C13H12IN3O/c1-8-7-9(2)16-13(15-8)17-12(18)10-3-5-11(14)6-4-10/h3-7H,1-2H3,(H,15,16,17,18). The van der Waals surface area contributed by atoms with Crippen molar-refractivity contribution in [2.75, 3.05) is 5.32 Å². The molecule has 0 atom stereocenters. The third-order valence-corrected chi connectivity index (χ3v) is 3.03. The number of anilines is 1. The molecule has 18 heavy (non-hydrogen) atoms. The van der Waals surface area contributed by atoms with E-state index in [1.54, 1.807) is 12.1 Å². The van der Waals surface area contributed by atoms with Gasteiger partial charge >= 0.3 is 0 Å². The molecule has 2 rings (SSSR count). The molecule has 0 aliphatic carbocycles. The van der Waals surface area contributed by atoms with Crippen molar-refractivity contribution < 1.29 is 4.79 Å². The average Bonchev–Trinajstić information content (AvgIpc) is 2.28. The van der Waals surface area contributed by atoms with E-state index in [4.69, 9.17) is 0 Å². The van der Waals surface area contributed by atoms with Gasteiger partial charge in [0.1, 0.15) is 0 Å². The van der Waals surface area contributed by atoms with E-state index in [0.717, 1.165) is 15.0 Å². The second kappa shape index (κ2) is 5.43. The maximum absolute atomic E-state index is 12.0. The van der Waals surface area contributed by atoms with Crippen LogP contribution in [0.25, 0.3) is 0 Å². The van der Waals surface area contributed by atoms with E-state index in [9.17, 15) is 4.79 Å². The molecule has 0 aliphatic heterocycles. The largest absolute Gasteiger partial charge is 0.290 e. The highest BCUT2D eigenvalue weighted by Crippen LogP contribution is 2.09. The Bertz CT molecular complexity index is 561. The van der Waals surface area contributed by atoms with Crippen molar-refractivity contribution in [2.24, 2.45) is 0 Å². The molecule has 1 aromatic carbocycles. The number of halogens is 1. The van der Waals surface area contributed by atoms with Crippen LogP contribution in [0.15, 0.2) is 30.3 Å². The molecule has 1 N–H and O–H groups in total. The maximum atomic E-state index is 12.0. The fourth-order valence-electron chi connectivity index (χ4n) is 1.56. The van der Waals surface area contributed by atoms with E-state index >= 15 is 0 Å². The monoisotopic (exact) mass is 353 g/mol. The van der Waals surface area contributed by atoms with Crippen LogP contribution in [0.1, 0.15) is 21.7 Å². The SMILES string of the molecule is Cc1cc(C)nc(NC(=O)c2ccc(I)cc2)n1. The summed E-state index contributed by atoms with van der Waals surface area (Å²) in [5.41, 5.74) is 2.26. The van der Waals surface area contributed by atoms with Gasteiger partial charge in [-0.05, 0) is 66.8 Å². The van der Waals surface area contributed by atoms with E-state index in [1.807, 2.05) is 32.0 Å². The van der Waals surface area contributed by atoms with E-state index in [1.165, 1.54) is 0 Å². The molecule has 0 saturated carbocycles. The first-order chi connectivity index (χ1) is 8.54. The molecule has 0 fully saturated rings. The summed E-state index contributed by atoms with van der Waals surface area (Å²) in [4.78, 5) is 20.3. The lowest BCUT2D eigenvalue weighted by molar-refractivity contribution is 0.102. The molecular weight excluding hydrogens is 341 g/mol. The number of carbonyl (C=O) groups is 1. The molecule has 0 radical (unpaired) electrons. The normalized spacial score (nSPS) is 10.2. The van der Waals surface area contributed by atoms with Gasteiger partial charge in [-0.25, -0.2) is 9.97 Å². The van der Waals surface area contributed by atoms with Crippen LogP contribution in [0.2, 0.25) is 0 Å². The number of carbonyl (C=O) groups excluding carboxylic acids is 1. The van der Waals surface area contributed by atoms with Crippen molar-refractivity contribution in [3.8, 4) is 0 Å². The van der Waals surface area contributed by atoms with Gasteiger partial charge in [-0.2, -0.15) is 0 Å². The van der Waals surface area contributed by atoms with Crippen molar-refractivity contribution in [1.29, 1.82) is 0 Å². The van der Waals surface area contributed by atoms with Gasteiger partial charge in [0.15, 0.2) is 0 Å². The highest BCUT2D eigenvalue weighted by molar-refractivity contribution is 14.1. The lowest BCUT2D eigenvalue weighted by Gasteiger charge is -2.05. The van der Waals surface area contributed by atoms with Gasteiger partial charge in [0.25, 0.3) is 5.91 Å². The number of aromatic nitrogens is 2. The second-order valence-electron chi connectivity index (χ2n) is 3.94. The highest BCUT2D eigenvalue weighted by Gasteiger charge is 2.08. The Hall–Kier alpha value is -1.50. The fourth-order valence-corrected chi connectivity index (χ4v) is 1.92. The fraction of sp³-hybridized carbons (Fsp3) is 0.154. The smallest absolute Gasteiger partial charge is 0.258 e. The molecule has 0 unspecified atom stereocenters. The molecule has 1 heterocycles. The molecule has 0 bridgehead atoms. The molecule has 92 valence electrons. The summed E-state index contributed by atoms with van der Waals surface area (Å²) in [7, 11) is 0. The molecule has 1 aromatic heterocycles. The first kappa shape index (κ1) is 12.9.